The van der Waals surface area contributed by atoms with E-state index >= 15 is 0 Å². The zero-order chi connectivity index (χ0) is 39.6. The van der Waals surface area contributed by atoms with E-state index in [0.717, 1.165) is 109 Å². The Labute approximate surface area is 330 Å². The molecule has 0 heterocycles. The second-order valence-corrected chi connectivity index (χ2v) is 14.0. The fourth-order valence-electron chi connectivity index (χ4n) is 5.71. The molecule has 54 heavy (non-hydrogen) atoms. The van der Waals surface area contributed by atoms with Gasteiger partial charge in [0.15, 0.2) is 0 Å². The first-order valence-electron chi connectivity index (χ1n) is 21.4. The molecule has 2 unspecified atom stereocenters. The van der Waals surface area contributed by atoms with Crippen molar-refractivity contribution in [2.75, 3.05) is 6.54 Å². The van der Waals surface area contributed by atoms with Crippen LogP contribution in [0.15, 0.2) is 85.1 Å². The fraction of sp³-hybridized carbons (Fsp3) is 0.638. The van der Waals surface area contributed by atoms with Crippen molar-refractivity contribution in [3.05, 3.63) is 85.1 Å². The number of allylic oxidation sites excluding steroid dienone is 13. The molecule has 4 N–H and O–H groups in total. The van der Waals surface area contributed by atoms with Crippen molar-refractivity contribution >= 4 is 17.8 Å². The van der Waals surface area contributed by atoms with Gasteiger partial charge in [0, 0.05) is 12.8 Å². The molecule has 7 heteroatoms. The fourth-order valence-corrected chi connectivity index (χ4v) is 5.71. The Hall–Kier alpha value is -3.45. The van der Waals surface area contributed by atoms with Crippen LogP contribution in [0.4, 0.5) is 0 Å². The normalized spacial score (nSPS) is 13.5. The number of hydrogen-bond acceptors (Lipinski definition) is 5. The lowest BCUT2D eigenvalue weighted by Gasteiger charge is -2.15. The average molecular weight is 751 g/mol. The van der Waals surface area contributed by atoms with Gasteiger partial charge in [0.1, 0.15) is 12.1 Å². The Morgan fingerprint density at radius 3 is 1.63 bits per heavy atom. The van der Waals surface area contributed by atoms with Crippen LogP contribution < -0.4 is 11.1 Å². The number of carboxylic acid groups (broad SMARTS) is 1. The first kappa shape index (κ1) is 50.5. The number of carbonyl (C=O) groups excluding carboxylic acids is 2. The predicted molar refractivity (Wildman–Crippen MR) is 229 cm³/mol. The number of nitrogens with two attached hydrogens (primary N) is 1. The van der Waals surface area contributed by atoms with Crippen molar-refractivity contribution < 1.29 is 24.2 Å². The third-order valence-corrected chi connectivity index (χ3v) is 8.93. The Balaban J connectivity index is 4.19. The summed E-state index contributed by atoms with van der Waals surface area (Å²) >= 11 is 0. The van der Waals surface area contributed by atoms with Crippen molar-refractivity contribution in [1.29, 1.82) is 0 Å². The molecular formula is C47H78N2O5. The zero-order valence-electron chi connectivity index (χ0n) is 34.3. The van der Waals surface area contributed by atoms with Crippen molar-refractivity contribution in [2.24, 2.45) is 5.73 Å². The summed E-state index contributed by atoms with van der Waals surface area (Å²) in [5, 5.41) is 11.9. The van der Waals surface area contributed by atoms with Crippen molar-refractivity contribution in [1.82, 2.24) is 5.32 Å². The standard InChI is InChI=1S/C47H78N2O5/c1-3-5-7-9-11-12-13-14-15-16-17-18-19-20-21-22-23-24-25-26-27-29-35-41-46(51)54-43(37-32-28-10-8-6-4-2)38-33-30-31-34-40-45(50)49-44(47(52)53)39-36-42-48/h5,7,11-12,14-15,17-18,20-21,23-24,32,37,43-44H,3-4,6,8-10,13,16,19,22,25-31,33-36,38-42,48H2,1-2H3,(H,49,50)(H,52,53)/b7-5-,12-11-,15-14-,18-17-,21-20-,24-23-,37-32-. The summed E-state index contributed by atoms with van der Waals surface area (Å²) in [6.07, 6.45) is 53.7. The molecule has 306 valence electrons. The van der Waals surface area contributed by atoms with E-state index in [0.29, 0.717) is 38.6 Å². The highest BCUT2D eigenvalue weighted by atomic mass is 16.5. The van der Waals surface area contributed by atoms with Gasteiger partial charge in [-0.2, -0.15) is 0 Å². The Morgan fingerprint density at radius 2 is 1.07 bits per heavy atom. The van der Waals surface area contributed by atoms with Crippen LogP contribution in [-0.2, 0) is 19.1 Å². The number of unbranched alkanes of at least 4 members (excludes halogenated alkanes) is 11. The van der Waals surface area contributed by atoms with Crippen LogP contribution in [0.1, 0.15) is 174 Å². The third kappa shape index (κ3) is 36.9. The van der Waals surface area contributed by atoms with E-state index < -0.39 is 12.0 Å². The number of esters is 1. The van der Waals surface area contributed by atoms with Gasteiger partial charge >= 0.3 is 11.9 Å². The summed E-state index contributed by atoms with van der Waals surface area (Å²) in [6.45, 7) is 4.76. The van der Waals surface area contributed by atoms with Crippen LogP contribution in [0.3, 0.4) is 0 Å². The molecule has 0 radical (unpaired) electrons. The molecule has 2 atom stereocenters. The summed E-state index contributed by atoms with van der Waals surface area (Å²) in [5.41, 5.74) is 5.47. The topological polar surface area (TPSA) is 119 Å². The average Bonchev–Trinajstić information content (AvgIpc) is 3.16. The smallest absolute Gasteiger partial charge is 0.326 e. The van der Waals surface area contributed by atoms with Crippen molar-refractivity contribution in [3.63, 3.8) is 0 Å². The van der Waals surface area contributed by atoms with Gasteiger partial charge in [-0.05, 0) is 115 Å². The van der Waals surface area contributed by atoms with E-state index in [4.69, 9.17) is 10.5 Å². The second kappa shape index (κ2) is 40.7. The van der Waals surface area contributed by atoms with E-state index in [1.165, 1.54) is 19.3 Å². The highest BCUT2D eigenvalue weighted by Gasteiger charge is 2.19. The van der Waals surface area contributed by atoms with Gasteiger partial charge in [0.05, 0.1) is 0 Å². The molecule has 0 aliphatic carbocycles. The summed E-state index contributed by atoms with van der Waals surface area (Å²) in [6, 6.07) is -0.876. The molecule has 7 nitrogen and oxygen atoms in total. The third-order valence-electron chi connectivity index (χ3n) is 8.93. The molecule has 0 saturated carbocycles. The summed E-state index contributed by atoms with van der Waals surface area (Å²) < 4.78 is 5.89. The number of amides is 1. The van der Waals surface area contributed by atoms with Crippen molar-refractivity contribution in [3.8, 4) is 0 Å². The minimum Gasteiger partial charge on any atom is -0.480 e. The number of aliphatic carboxylic acids is 1. The van der Waals surface area contributed by atoms with Crippen LogP contribution in [0, 0.1) is 0 Å². The lowest BCUT2D eigenvalue weighted by Crippen LogP contribution is -2.40. The Kier molecular flexibility index (Phi) is 38.1. The maximum absolute atomic E-state index is 12.7. The molecule has 1 amide bonds. The number of carbonyl (C=O) groups is 3. The van der Waals surface area contributed by atoms with E-state index in [-0.39, 0.29) is 18.0 Å². The molecule has 0 aromatic rings. The van der Waals surface area contributed by atoms with Gasteiger partial charge in [-0.3, -0.25) is 9.59 Å². The monoisotopic (exact) mass is 751 g/mol. The number of carboxylic acids is 1. The Morgan fingerprint density at radius 1 is 0.574 bits per heavy atom. The van der Waals surface area contributed by atoms with Crippen LogP contribution in [-0.4, -0.2) is 41.6 Å². The maximum atomic E-state index is 12.7. The minimum atomic E-state index is -1.02. The van der Waals surface area contributed by atoms with Crippen LogP contribution in [0.25, 0.3) is 0 Å². The lowest BCUT2D eigenvalue weighted by molar-refractivity contribution is -0.147. The van der Waals surface area contributed by atoms with Crippen LogP contribution >= 0.6 is 0 Å². The summed E-state index contributed by atoms with van der Waals surface area (Å²) in [4.78, 5) is 36.2. The highest BCUT2D eigenvalue weighted by Crippen LogP contribution is 2.15. The molecule has 0 aromatic carbocycles. The molecule has 0 bridgehead atoms. The van der Waals surface area contributed by atoms with E-state index in [1.54, 1.807) is 0 Å². The molecule has 0 aliphatic rings. The second-order valence-electron chi connectivity index (χ2n) is 14.0. The predicted octanol–water partition coefficient (Wildman–Crippen LogP) is 12.1. The van der Waals surface area contributed by atoms with Crippen molar-refractivity contribution in [2.45, 2.75) is 187 Å². The van der Waals surface area contributed by atoms with Gasteiger partial charge in [0.25, 0.3) is 0 Å². The highest BCUT2D eigenvalue weighted by molar-refractivity contribution is 5.83. The molecular weight excluding hydrogens is 673 g/mol. The van der Waals surface area contributed by atoms with Gasteiger partial charge < -0.3 is 20.9 Å². The van der Waals surface area contributed by atoms with Gasteiger partial charge in [-0.1, -0.05) is 138 Å². The number of rotatable bonds is 37. The zero-order valence-corrected chi connectivity index (χ0v) is 34.3. The largest absolute Gasteiger partial charge is 0.480 e. The minimum absolute atomic E-state index is 0.119. The number of hydrogen-bond donors (Lipinski definition) is 3. The molecule has 0 fully saturated rings. The summed E-state index contributed by atoms with van der Waals surface area (Å²) in [7, 11) is 0. The van der Waals surface area contributed by atoms with E-state index in [1.807, 2.05) is 0 Å². The van der Waals surface area contributed by atoms with Gasteiger partial charge in [-0.15, -0.1) is 0 Å². The first-order valence-corrected chi connectivity index (χ1v) is 21.4. The molecule has 0 rings (SSSR count). The van der Waals surface area contributed by atoms with Gasteiger partial charge in [0.2, 0.25) is 5.91 Å². The van der Waals surface area contributed by atoms with Gasteiger partial charge in [-0.25, -0.2) is 4.79 Å². The van der Waals surface area contributed by atoms with E-state index in [2.05, 4.69) is 104 Å². The molecule has 0 spiro atoms. The van der Waals surface area contributed by atoms with Crippen LogP contribution in [0.5, 0.6) is 0 Å². The number of nitrogens with one attached hydrogen (secondary N) is 1. The number of ether oxygens (including phenoxy) is 1. The lowest BCUT2D eigenvalue weighted by atomic mass is 10.1. The molecule has 0 saturated heterocycles. The molecule has 0 aliphatic heterocycles. The summed E-state index contributed by atoms with van der Waals surface area (Å²) in [5.74, 6) is -1.37. The SMILES string of the molecule is CC/C=C\C/C=C\C/C=C\C/C=C\C/C=C\C/C=C\CCCCCCC(=O)OC(/C=C\CCCCCC)CCCCCCC(=O)NC(CCCN)C(=O)O. The maximum Gasteiger partial charge on any atom is 0.326 e. The quantitative estimate of drug-likeness (QED) is 0.0330. The van der Waals surface area contributed by atoms with Crippen LogP contribution in [0.2, 0.25) is 0 Å². The Bertz CT molecular complexity index is 1120. The molecule has 0 aromatic heterocycles. The first-order chi connectivity index (χ1) is 26.4. The van der Waals surface area contributed by atoms with E-state index in [9.17, 15) is 19.5 Å².